The molecule has 1 nitrogen and oxygen atoms in total. The molecule has 0 amide bonds. The predicted octanol–water partition coefficient (Wildman–Crippen LogP) is 4.06. The van der Waals surface area contributed by atoms with Crippen LogP contribution in [-0.2, 0) is 0 Å². The van der Waals surface area contributed by atoms with E-state index in [1.807, 2.05) is 20.0 Å². The van der Waals surface area contributed by atoms with Gasteiger partial charge in [0.15, 0.2) is 0 Å². The van der Waals surface area contributed by atoms with Gasteiger partial charge < -0.3 is 5.32 Å². The van der Waals surface area contributed by atoms with E-state index in [0.717, 1.165) is 11.1 Å². The molecule has 100 valence electrons. The lowest BCUT2D eigenvalue weighted by atomic mass is 9.91. The maximum atomic E-state index is 13.5. The summed E-state index contributed by atoms with van der Waals surface area (Å²) in [7, 11) is 1.91. The first-order chi connectivity index (χ1) is 9.02. The molecule has 0 heterocycles. The molecule has 0 saturated heterocycles. The Morgan fingerprint density at radius 1 is 0.895 bits per heavy atom. The van der Waals surface area contributed by atoms with Crippen LogP contribution in [0.1, 0.15) is 33.9 Å². The minimum absolute atomic E-state index is 0.0237. The molecule has 0 aliphatic heterocycles. The summed E-state index contributed by atoms with van der Waals surface area (Å²) in [6.45, 7) is 6.19. The van der Waals surface area contributed by atoms with Gasteiger partial charge in [0.05, 0.1) is 6.04 Å². The maximum absolute atomic E-state index is 13.5. The molecule has 1 atom stereocenters. The summed E-state index contributed by atoms with van der Waals surface area (Å²) in [5, 5.41) is 3.30. The zero-order chi connectivity index (χ0) is 14.0. The van der Waals surface area contributed by atoms with Crippen LogP contribution in [0.3, 0.4) is 0 Å². The third-order valence-corrected chi connectivity index (χ3v) is 3.59. The number of hydrogen-bond acceptors (Lipinski definition) is 1. The highest BCUT2D eigenvalue weighted by molar-refractivity contribution is 5.42. The molecule has 0 aromatic heterocycles. The van der Waals surface area contributed by atoms with Crippen molar-refractivity contribution < 1.29 is 4.39 Å². The van der Waals surface area contributed by atoms with E-state index in [0.29, 0.717) is 0 Å². The van der Waals surface area contributed by atoms with E-state index in [1.165, 1.54) is 22.8 Å². The average Bonchev–Trinajstić information content (AvgIpc) is 2.38. The first-order valence-electron chi connectivity index (χ1n) is 6.53. The third kappa shape index (κ3) is 2.85. The van der Waals surface area contributed by atoms with Gasteiger partial charge in [-0.2, -0.15) is 0 Å². The van der Waals surface area contributed by atoms with Gasteiger partial charge in [-0.1, -0.05) is 29.8 Å². The van der Waals surface area contributed by atoms with E-state index in [-0.39, 0.29) is 11.9 Å². The Balaban J connectivity index is 2.55. The molecule has 0 spiro atoms. The molecule has 0 fully saturated rings. The molecular weight excluding hydrogens is 237 g/mol. The van der Waals surface area contributed by atoms with Gasteiger partial charge in [0.1, 0.15) is 5.82 Å². The van der Waals surface area contributed by atoms with Crippen molar-refractivity contribution in [3.8, 4) is 0 Å². The second kappa shape index (κ2) is 5.54. The highest BCUT2D eigenvalue weighted by Gasteiger charge is 2.17. The molecule has 1 unspecified atom stereocenters. The first-order valence-corrected chi connectivity index (χ1v) is 6.53. The monoisotopic (exact) mass is 257 g/mol. The van der Waals surface area contributed by atoms with Crippen LogP contribution in [0.2, 0.25) is 0 Å². The number of halogens is 1. The van der Waals surface area contributed by atoms with Gasteiger partial charge in [0, 0.05) is 0 Å². The maximum Gasteiger partial charge on any atom is 0.123 e. The van der Waals surface area contributed by atoms with Crippen molar-refractivity contribution in [2.45, 2.75) is 26.8 Å². The molecular formula is C17H20FN. The molecule has 0 saturated carbocycles. The Morgan fingerprint density at radius 2 is 1.47 bits per heavy atom. The molecule has 1 N–H and O–H groups in total. The summed E-state index contributed by atoms with van der Waals surface area (Å²) < 4.78 is 13.5. The third-order valence-electron chi connectivity index (χ3n) is 3.59. The smallest absolute Gasteiger partial charge is 0.123 e. The second-order valence-electron chi connectivity index (χ2n) is 5.08. The zero-order valence-electron chi connectivity index (χ0n) is 11.9. The molecule has 0 aliphatic carbocycles. The van der Waals surface area contributed by atoms with Gasteiger partial charge in [0.2, 0.25) is 0 Å². The molecule has 2 heteroatoms. The lowest BCUT2D eigenvalue weighted by Crippen LogP contribution is -2.20. The van der Waals surface area contributed by atoms with Gasteiger partial charge in [-0.3, -0.25) is 0 Å². The van der Waals surface area contributed by atoms with Gasteiger partial charge in [0.25, 0.3) is 0 Å². The molecule has 19 heavy (non-hydrogen) atoms. The van der Waals surface area contributed by atoms with Crippen LogP contribution >= 0.6 is 0 Å². The van der Waals surface area contributed by atoms with Crippen molar-refractivity contribution in [1.29, 1.82) is 0 Å². The Hall–Kier alpha value is -1.67. The van der Waals surface area contributed by atoms with Crippen molar-refractivity contribution in [2.75, 3.05) is 7.05 Å². The molecule has 2 aromatic rings. The van der Waals surface area contributed by atoms with E-state index in [2.05, 4.69) is 37.4 Å². The number of benzene rings is 2. The van der Waals surface area contributed by atoms with Crippen LogP contribution in [0.4, 0.5) is 4.39 Å². The quantitative estimate of drug-likeness (QED) is 0.874. The van der Waals surface area contributed by atoms with Crippen LogP contribution < -0.4 is 5.32 Å². The van der Waals surface area contributed by atoms with Crippen LogP contribution in [0, 0.1) is 26.6 Å². The van der Waals surface area contributed by atoms with Gasteiger partial charge >= 0.3 is 0 Å². The molecule has 2 rings (SSSR count). The van der Waals surface area contributed by atoms with Crippen LogP contribution in [-0.4, -0.2) is 7.05 Å². The fraction of sp³-hybridized carbons (Fsp3) is 0.294. The van der Waals surface area contributed by atoms with Gasteiger partial charge in [-0.05, 0) is 62.2 Å². The van der Waals surface area contributed by atoms with Crippen molar-refractivity contribution >= 4 is 0 Å². The Labute approximate surface area is 114 Å². The number of hydrogen-bond donors (Lipinski definition) is 1. The summed E-state index contributed by atoms with van der Waals surface area (Å²) in [6, 6.07) is 11.4. The average molecular weight is 257 g/mol. The fourth-order valence-electron chi connectivity index (χ4n) is 2.47. The molecule has 0 radical (unpaired) electrons. The standard InChI is InChI=1S/C17H20FN/c1-11-5-6-12(2)15(9-11)17(19-4)16-10-14(18)8-7-13(16)3/h5-10,17,19H,1-4H3. The minimum Gasteiger partial charge on any atom is -0.309 e. The Bertz CT molecular complexity index is 538. The second-order valence-corrected chi connectivity index (χ2v) is 5.08. The highest BCUT2D eigenvalue weighted by atomic mass is 19.1. The van der Waals surface area contributed by atoms with Gasteiger partial charge in [-0.25, -0.2) is 4.39 Å². The predicted molar refractivity (Wildman–Crippen MR) is 78.0 cm³/mol. The summed E-state index contributed by atoms with van der Waals surface area (Å²) in [6.07, 6.45) is 0. The molecule has 0 bridgehead atoms. The first kappa shape index (κ1) is 13.8. The number of nitrogens with one attached hydrogen (secondary N) is 1. The van der Waals surface area contributed by atoms with Crippen molar-refractivity contribution in [2.24, 2.45) is 0 Å². The van der Waals surface area contributed by atoms with E-state index >= 15 is 0 Å². The normalized spacial score (nSPS) is 12.5. The summed E-state index contributed by atoms with van der Waals surface area (Å²) in [5.41, 5.74) is 5.73. The van der Waals surface area contributed by atoms with Crippen molar-refractivity contribution in [1.82, 2.24) is 5.32 Å². The van der Waals surface area contributed by atoms with Crippen molar-refractivity contribution in [3.63, 3.8) is 0 Å². The molecule has 0 aliphatic rings. The van der Waals surface area contributed by atoms with E-state index in [9.17, 15) is 4.39 Å². The van der Waals surface area contributed by atoms with E-state index < -0.39 is 0 Å². The minimum atomic E-state index is -0.189. The topological polar surface area (TPSA) is 12.0 Å². The summed E-state index contributed by atoms with van der Waals surface area (Å²) >= 11 is 0. The van der Waals surface area contributed by atoms with Crippen LogP contribution in [0.15, 0.2) is 36.4 Å². The van der Waals surface area contributed by atoms with Gasteiger partial charge in [-0.15, -0.1) is 0 Å². The van der Waals surface area contributed by atoms with Crippen LogP contribution in [0.5, 0.6) is 0 Å². The van der Waals surface area contributed by atoms with E-state index in [4.69, 9.17) is 0 Å². The van der Waals surface area contributed by atoms with Crippen molar-refractivity contribution in [3.05, 3.63) is 70.0 Å². The lowest BCUT2D eigenvalue weighted by molar-refractivity contribution is 0.614. The fourth-order valence-corrected chi connectivity index (χ4v) is 2.47. The SMILES string of the molecule is CNC(c1cc(C)ccc1C)c1cc(F)ccc1C. The number of rotatable bonds is 3. The Kier molecular flexibility index (Phi) is 4.01. The zero-order valence-corrected chi connectivity index (χ0v) is 11.9. The molecule has 2 aromatic carbocycles. The summed E-state index contributed by atoms with van der Waals surface area (Å²) in [4.78, 5) is 0. The largest absolute Gasteiger partial charge is 0.309 e. The summed E-state index contributed by atoms with van der Waals surface area (Å²) in [5.74, 6) is -0.189. The lowest BCUT2D eigenvalue weighted by Gasteiger charge is -2.22. The van der Waals surface area contributed by atoms with Crippen LogP contribution in [0.25, 0.3) is 0 Å². The number of aryl methyl sites for hydroxylation is 3. The highest BCUT2D eigenvalue weighted by Crippen LogP contribution is 2.28. The van der Waals surface area contributed by atoms with E-state index in [1.54, 1.807) is 6.07 Å². The Morgan fingerprint density at radius 3 is 2.11 bits per heavy atom.